The van der Waals surface area contributed by atoms with Crippen molar-refractivity contribution in [3.8, 4) is 5.75 Å². The summed E-state index contributed by atoms with van der Waals surface area (Å²) in [5, 5.41) is 9.03. The van der Waals surface area contributed by atoms with Crippen LogP contribution in [0.2, 0.25) is 0 Å². The molecule has 1 aromatic carbocycles. The summed E-state index contributed by atoms with van der Waals surface area (Å²) in [6, 6.07) is 8.91. The highest BCUT2D eigenvalue weighted by molar-refractivity contribution is 5.90. The van der Waals surface area contributed by atoms with Crippen molar-refractivity contribution in [2.24, 2.45) is 0 Å². The Morgan fingerprint density at radius 3 is 2.84 bits per heavy atom. The summed E-state index contributed by atoms with van der Waals surface area (Å²) in [5.41, 5.74) is 2.02. The average molecular weight is 257 g/mol. The van der Waals surface area contributed by atoms with E-state index >= 15 is 0 Å². The van der Waals surface area contributed by atoms with Crippen molar-refractivity contribution < 1.29 is 14.6 Å². The Morgan fingerprint density at radius 1 is 1.32 bits per heavy atom. The van der Waals surface area contributed by atoms with Crippen LogP contribution in [0.5, 0.6) is 5.75 Å². The molecule has 4 heteroatoms. The van der Waals surface area contributed by atoms with Crippen molar-refractivity contribution in [3.63, 3.8) is 0 Å². The van der Waals surface area contributed by atoms with Gasteiger partial charge in [0.25, 0.3) is 0 Å². The Morgan fingerprint density at radius 2 is 2.16 bits per heavy atom. The summed E-state index contributed by atoms with van der Waals surface area (Å²) in [5.74, 6) is -0.320. The van der Waals surface area contributed by atoms with Crippen LogP contribution in [0.25, 0.3) is 0 Å². The van der Waals surface area contributed by atoms with E-state index < -0.39 is 5.97 Å². The van der Waals surface area contributed by atoms with Crippen LogP contribution in [0.3, 0.4) is 0 Å². The number of hydrogen-bond acceptors (Lipinski definition) is 3. The summed E-state index contributed by atoms with van der Waals surface area (Å²) in [4.78, 5) is 15.0. The van der Waals surface area contributed by atoms with E-state index in [0.717, 1.165) is 12.0 Å². The largest absolute Gasteiger partial charge is 0.493 e. The molecule has 0 saturated carbocycles. The predicted octanol–water partition coefficient (Wildman–Crippen LogP) is 2.71. The minimum Gasteiger partial charge on any atom is -0.493 e. The van der Waals surface area contributed by atoms with Gasteiger partial charge in [0.15, 0.2) is 0 Å². The van der Waals surface area contributed by atoms with Gasteiger partial charge in [0, 0.05) is 24.4 Å². The van der Waals surface area contributed by atoms with Gasteiger partial charge in [-0.15, -0.1) is 0 Å². The summed E-state index contributed by atoms with van der Waals surface area (Å²) in [6.45, 7) is 2.25. The van der Waals surface area contributed by atoms with Gasteiger partial charge >= 0.3 is 5.97 Å². The number of carbonyl (C=O) groups is 1. The molecule has 0 atom stereocenters. The molecule has 0 amide bonds. The maximum Gasteiger partial charge on any atom is 0.336 e. The molecule has 2 aromatic rings. The van der Waals surface area contributed by atoms with Gasteiger partial charge in [0.1, 0.15) is 5.75 Å². The number of carboxylic acid groups (broad SMARTS) is 1. The van der Waals surface area contributed by atoms with Gasteiger partial charge in [-0.05, 0) is 30.7 Å². The molecule has 0 unspecified atom stereocenters. The van der Waals surface area contributed by atoms with Crippen LogP contribution in [0.1, 0.15) is 21.5 Å². The molecule has 19 heavy (non-hydrogen) atoms. The highest BCUT2D eigenvalue weighted by Gasteiger charge is 2.10. The second kappa shape index (κ2) is 6.00. The zero-order chi connectivity index (χ0) is 13.7. The molecule has 1 N–H and O–H groups in total. The first kappa shape index (κ1) is 13.1. The van der Waals surface area contributed by atoms with Crippen LogP contribution >= 0.6 is 0 Å². The summed E-state index contributed by atoms with van der Waals surface area (Å²) in [7, 11) is 0. The lowest BCUT2D eigenvalue weighted by Gasteiger charge is -2.10. The Bertz CT molecular complexity index is 567. The van der Waals surface area contributed by atoms with Gasteiger partial charge in [-0.3, -0.25) is 4.98 Å². The van der Waals surface area contributed by atoms with Crippen molar-refractivity contribution in [2.45, 2.75) is 13.3 Å². The number of rotatable bonds is 5. The van der Waals surface area contributed by atoms with Crippen LogP contribution in [-0.4, -0.2) is 22.7 Å². The molecule has 4 nitrogen and oxygen atoms in total. The van der Waals surface area contributed by atoms with Crippen LogP contribution in [0, 0.1) is 6.92 Å². The first-order valence-corrected chi connectivity index (χ1v) is 6.03. The molecule has 0 saturated heterocycles. The van der Waals surface area contributed by atoms with Gasteiger partial charge in [-0.1, -0.05) is 12.1 Å². The third-order valence-corrected chi connectivity index (χ3v) is 2.89. The summed E-state index contributed by atoms with van der Waals surface area (Å²) in [6.07, 6.45) is 4.26. The molecular weight excluding hydrogens is 242 g/mol. The van der Waals surface area contributed by atoms with Crippen molar-refractivity contribution in [3.05, 3.63) is 59.4 Å². The zero-order valence-electron chi connectivity index (χ0n) is 10.7. The highest BCUT2D eigenvalue weighted by atomic mass is 16.5. The van der Waals surface area contributed by atoms with Crippen LogP contribution in [0.15, 0.2) is 42.7 Å². The monoisotopic (exact) mass is 257 g/mol. The smallest absolute Gasteiger partial charge is 0.336 e. The first-order chi connectivity index (χ1) is 9.18. The molecule has 2 rings (SSSR count). The fraction of sp³-hybridized carbons (Fsp3) is 0.200. The Hall–Kier alpha value is -2.36. The van der Waals surface area contributed by atoms with Crippen LogP contribution < -0.4 is 4.74 Å². The molecule has 1 aromatic heterocycles. The molecule has 0 bridgehead atoms. The second-order valence-electron chi connectivity index (χ2n) is 4.19. The molecule has 0 spiro atoms. The number of nitrogens with zero attached hydrogens (tertiary/aromatic N) is 1. The van der Waals surface area contributed by atoms with E-state index in [1.54, 1.807) is 37.5 Å². The SMILES string of the molecule is Cc1c(OCCc2cccnc2)cccc1C(=O)O. The standard InChI is InChI=1S/C15H15NO3/c1-11-13(15(17)18)5-2-6-14(11)19-9-7-12-4-3-8-16-10-12/h2-6,8,10H,7,9H2,1H3,(H,17,18). The first-order valence-electron chi connectivity index (χ1n) is 6.03. The summed E-state index contributed by atoms with van der Waals surface area (Å²) < 4.78 is 5.64. The van der Waals surface area contributed by atoms with Crippen molar-refractivity contribution in [1.82, 2.24) is 4.98 Å². The van der Waals surface area contributed by atoms with Gasteiger partial charge in [-0.25, -0.2) is 4.79 Å². The van der Waals surface area contributed by atoms with Crippen LogP contribution in [-0.2, 0) is 6.42 Å². The van der Waals surface area contributed by atoms with E-state index in [9.17, 15) is 4.79 Å². The number of pyridine rings is 1. The molecule has 98 valence electrons. The lowest BCUT2D eigenvalue weighted by molar-refractivity contribution is 0.0695. The number of aromatic nitrogens is 1. The van der Waals surface area contributed by atoms with E-state index in [1.165, 1.54) is 0 Å². The number of carboxylic acids is 1. The van der Waals surface area contributed by atoms with Gasteiger partial charge in [0.2, 0.25) is 0 Å². The van der Waals surface area contributed by atoms with Crippen molar-refractivity contribution in [1.29, 1.82) is 0 Å². The summed E-state index contributed by atoms with van der Waals surface area (Å²) >= 11 is 0. The minimum atomic E-state index is -0.935. The Labute approximate surface area is 111 Å². The van der Waals surface area contributed by atoms with E-state index in [0.29, 0.717) is 17.9 Å². The maximum atomic E-state index is 11.0. The number of hydrogen-bond donors (Lipinski definition) is 1. The molecule has 0 radical (unpaired) electrons. The van der Waals surface area contributed by atoms with E-state index in [-0.39, 0.29) is 5.56 Å². The van der Waals surface area contributed by atoms with E-state index in [1.807, 2.05) is 12.1 Å². The van der Waals surface area contributed by atoms with E-state index in [2.05, 4.69) is 4.98 Å². The molecule has 0 aliphatic rings. The fourth-order valence-corrected chi connectivity index (χ4v) is 1.83. The van der Waals surface area contributed by atoms with Crippen molar-refractivity contribution in [2.75, 3.05) is 6.61 Å². The molecular formula is C15H15NO3. The van der Waals surface area contributed by atoms with Gasteiger partial charge in [-0.2, -0.15) is 0 Å². The maximum absolute atomic E-state index is 11.0. The zero-order valence-corrected chi connectivity index (χ0v) is 10.7. The molecule has 0 aliphatic heterocycles. The average Bonchev–Trinajstić information content (AvgIpc) is 2.41. The Balaban J connectivity index is 2.00. The normalized spacial score (nSPS) is 10.2. The minimum absolute atomic E-state index is 0.277. The fourth-order valence-electron chi connectivity index (χ4n) is 1.83. The number of ether oxygens (including phenoxy) is 1. The molecule has 0 aliphatic carbocycles. The highest BCUT2D eigenvalue weighted by Crippen LogP contribution is 2.21. The molecule has 1 heterocycles. The lowest BCUT2D eigenvalue weighted by atomic mass is 10.1. The van der Waals surface area contributed by atoms with Crippen LogP contribution in [0.4, 0.5) is 0 Å². The van der Waals surface area contributed by atoms with Gasteiger partial charge < -0.3 is 9.84 Å². The third kappa shape index (κ3) is 3.31. The number of benzene rings is 1. The van der Waals surface area contributed by atoms with E-state index in [4.69, 9.17) is 9.84 Å². The van der Waals surface area contributed by atoms with Gasteiger partial charge in [0.05, 0.1) is 12.2 Å². The quantitative estimate of drug-likeness (QED) is 0.894. The topological polar surface area (TPSA) is 59.4 Å². The predicted molar refractivity (Wildman–Crippen MR) is 71.6 cm³/mol. The number of aromatic carboxylic acids is 1. The second-order valence-corrected chi connectivity index (χ2v) is 4.19. The molecule has 0 fully saturated rings. The van der Waals surface area contributed by atoms with Crippen molar-refractivity contribution >= 4 is 5.97 Å². The Kier molecular flexibility index (Phi) is 4.13. The lowest BCUT2D eigenvalue weighted by Crippen LogP contribution is -2.06. The third-order valence-electron chi connectivity index (χ3n) is 2.89.